The van der Waals surface area contributed by atoms with Gasteiger partial charge in [0.25, 0.3) is 0 Å². The van der Waals surface area contributed by atoms with Crippen LogP contribution in [0.1, 0.15) is 24.2 Å². The van der Waals surface area contributed by atoms with Gasteiger partial charge < -0.3 is 10.5 Å². The van der Waals surface area contributed by atoms with Gasteiger partial charge in [0.15, 0.2) is 17.3 Å². The number of Topliss-reactive ketones (excluding diaryl/α,β-unsaturated/α-hetero) is 1. The van der Waals surface area contributed by atoms with Crippen molar-refractivity contribution < 1.29 is 13.9 Å². The van der Waals surface area contributed by atoms with Crippen molar-refractivity contribution in [3.63, 3.8) is 0 Å². The molecular weight excluding hydrogens is 209 g/mol. The molecule has 16 heavy (non-hydrogen) atoms. The van der Waals surface area contributed by atoms with Crippen molar-refractivity contribution in [2.24, 2.45) is 11.7 Å². The molecule has 0 bridgehead atoms. The molecule has 0 aliphatic heterocycles. The van der Waals surface area contributed by atoms with Gasteiger partial charge in [-0.3, -0.25) is 4.79 Å². The Balaban J connectivity index is 2.92. The molecule has 0 amide bonds. The van der Waals surface area contributed by atoms with Crippen molar-refractivity contribution in [3.05, 3.63) is 29.6 Å². The summed E-state index contributed by atoms with van der Waals surface area (Å²) in [5.74, 6) is -0.793. The number of carbonyl (C=O) groups is 1. The number of carbonyl (C=O) groups excluding carboxylic acids is 1. The summed E-state index contributed by atoms with van der Waals surface area (Å²) in [4.78, 5) is 11.7. The van der Waals surface area contributed by atoms with E-state index >= 15 is 0 Å². The molecule has 0 aliphatic carbocycles. The van der Waals surface area contributed by atoms with Crippen LogP contribution in [-0.2, 0) is 0 Å². The average Bonchev–Trinajstić information content (AvgIpc) is 2.30. The minimum Gasteiger partial charge on any atom is -0.491 e. The van der Waals surface area contributed by atoms with Crippen LogP contribution >= 0.6 is 0 Å². The number of ether oxygens (including phenoxy) is 1. The first-order valence-corrected chi connectivity index (χ1v) is 5.26. The topological polar surface area (TPSA) is 52.3 Å². The van der Waals surface area contributed by atoms with Gasteiger partial charge in [-0.15, -0.1) is 0 Å². The largest absolute Gasteiger partial charge is 0.491 e. The molecule has 1 aromatic rings. The minimum absolute atomic E-state index is 0.149. The fourth-order valence-corrected chi connectivity index (χ4v) is 1.32. The quantitative estimate of drug-likeness (QED) is 0.780. The molecular formula is C12H16FNO2. The Hall–Kier alpha value is -1.42. The molecule has 0 aromatic heterocycles. The van der Waals surface area contributed by atoms with E-state index in [0.29, 0.717) is 12.2 Å². The predicted molar refractivity (Wildman–Crippen MR) is 60.1 cm³/mol. The van der Waals surface area contributed by atoms with Crippen LogP contribution in [0.25, 0.3) is 0 Å². The van der Waals surface area contributed by atoms with Crippen LogP contribution in [0.5, 0.6) is 5.75 Å². The normalized spacial score (nSPS) is 12.2. The van der Waals surface area contributed by atoms with Gasteiger partial charge in [0.2, 0.25) is 0 Å². The number of hydrogen-bond donors (Lipinski definition) is 1. The Labute approximate surface area is 94.4 Å². The van der Waals surface area contributed by atoms with Crippen molar-refractivity contribution in [3.8, 4) is 5.75 Å². The molecule has 3 nitrogen and oxygen atoms in total. The summed E-state index contributed by atoms with van der Waals surface area (Å²) >= 11 is 0. The molecule has 0 heterocycles. The van der Waals surface area contributed by atoms with Gasteiger partial charge in [-0.2, -0.15) is 0 Å². The average molecular weight is 225 g/mol. The van der Waals surface area contributed by atoms with E-state index < -0.39 is 5.82 Å². The van der Waals surface area contributed by atoms with Crippen molar-refractivity contribution in [2.75, 3.05) is 13.2 Å². The second-order valence-corrected chi connectivity index (χ2v) is 3.58. The zero-order valence-corrected chi connectivity index (χ0v) is 9.50. The lowest BCUT2D eigenvalue weighted by Crippen LogP contribution is -2.20. The van der Waals surface area contributed by atoms with Crippen molar-refractivity contribution in [2.45, 2.75) is 13.8 Å². The monoisotopic (exact) mass is 225 g/mol. The summed E-state index contributed by atoms with van der Waals surface area (Å²) < 4.78 is 18.5. The summed E-state index contributed by atoms with van der Waals surface area (Å²) in [5, 5.41) is 0. The van der Waals surface area contributed by atoms with Crippen LogP contribution in [0.15, 0.2) is 18.2 Å². The van der Waals surface area contributed by atoms with E-state index in [9.17, 15) is 9.18 Å². The van der Waals surface area contributed by atoms with Crippen LogP contribution in [0.2, 0.25) is 0 Å². The molecule has 0 radical (unpaired) electrons. The van der Waals surface area contributed by atoms with Crippen molar-refractivity contribution in [1.82, 2.24) is 0 Å². The summed E-state index contributed by atoms with van der Waals surface area (Å²) in [6, 6.07) is 4.22. The van der Waals surface area contributed by atoms with E-state index in [-0.39, 0.29) is 24.0 Å². The highest BCUT2D eigenvalue weighted by Crippen LogP contribution is 2.19. The highest BCUT2D eigenvalue weighted by atomic mass is 19.1. The number of halogens is 1. The molecule has 88 valence electrons. The first-order chi connectivity index (χ1) is 7.60. The zero-order chi connectivity index (χ0) is 12.1. The van der Waals surface area contributed by atoms with Gasteiger partial charge in [-0.05, 0) is 25.1 Å². The number of nitrogens with two attached hydrogens (primary N) is 1. The molecule has 0 fully saturated rings. The van der Waals surface area contributed by atoms with Crippen LogP contribution in [0.4, 0.5) is 4.39 Å². The van der Waals surface area contributed by atoms with Crippen molar-refractivity contribution in [1.29, 1.82) is 0 Å². The van der Waals surface area contributed by atoms with E-state index in [4.69, 9.17) is 10.5 Å². The predicted octanol–water partition coefficient (Wildman–Crippen LogP) is 2.00. The van der Waals surface area contributed by atoms with Gasteiger partial charge >= 0.3 is 0 Å². The SMILES string of the molecule is CCOc1ccc(C(=O)C(C)CN)cc1F. The van der Waals surface area contributed by atoms with Crippen LogP contribution in [-0.4, -0.2) is 18.9 Å². The maximum absolute atomic E-state index is 13.5. The lowest BCUT2D eigenvalue weighted by atomic mass is 9.99. The van der Waals surface area contributed by atoms with Crippen molar-refractivity contribution >= 4 is 5.78 Å². The highest BCUT2D eigenvalue weighted by molar-refractivity contribution is 5.97. The highest BCUT2D eigenvalue weighted by Gasteiger charge is 2.15. The Morgan fingerprint density at radius 2 is 2.25 bits per heavy atom. The van der Waals surface area contributed by atoms with E-state index in [1.165, 1.54) is 12.1 Å². The third-order valence-electron chi connectivity index (χ3n) is 2.32. The maximum atomic E-state index is 13.5. The third-order valence-corrected chi connectivity index (χ3v) is 2.32. The number of rotatable bonds is 5. The summed E-state index contributed by atoms with van der Waals surface area (Å²) in [6.45, 7) is 4.14. The first-order valence-electron chi connectivity index (χ1n) is 5.26. The van der Waals surface area contributed by atoms with Gasteiger partial charge in [0.05, 0.1) is 6.61 Å². The first kappa shape index (κ1) is 12.6. The number of benzene rings is 1. The zero-order valence-electron chi connectivity index (χ0n) is 9.50. The van der Waals surface area contributed by atoms with Gasteiger partial charge in [-0.25, -0.2) is 4.39 Å². The molecule has 2 N–H and O–H groups in total. The van der Waals surface area contributed by atoms with E-state index in [1.807, 2.05) is 0 Å². The van der Waals surface area contributed by atoms with Gasteiger partial charge in [-0.1, -0.05) is 6.92 Å². The Kier molecular flexibility index (Phi) is 4.43. The summed E-state index contributed by atoms with van der Waals surface area (Å²) in [7, 11) is 0. The number of ketones is 1. The second kappa shape index (κ2) is 5.61. The van der Waals surface area contributed by atoms with E-state index in [1.54, 1.807) is 19.9 Å². The molecule has 1 rings (SSSR count). The minimum atomic E-state index is -0.517. The summed E-state index contributed by atoms with van der Waals surface area (Å²) in [5.41, 5.74) is 5.72. The van der Waals surface area contributed by atoms with Crippen LogP contribution in [0.3, 0.4) is 0 Å². The fourth-order valence-electron chi connectivity index (χ4n) is 1.32. The standard InChI is InChI=1S/C12H16FNO2/c1-3-16-11-5-4-9(6-10(11)13)12(15)8(2)7-14/h4-6,8H,3,7,14H2,1-2H3. The van der Waals surface area contributed by atoms with Crippen LogP contribution in [0, 0.1) is 11.7 Å². The molecule has 1 aromatic carbocycles. The Morgan fingerprint density at radius 1 is 1.56 bits per heavy atom. The van der Waals surface area contributed by atoms with Gasteiger partial charge in [0.1, 0.15) is 0 Å². The smallest absolute Gasteiger partial charge is 0.167 e. The Bertz CT molecular complexity index is 379. The maximum Gasteiger partial charge on any atom is 0.167 e. The lowest BCUT2D eigenvalue weighted by molar-refractivity contribution is 0.0933. The molecule has 1 atom stereocenters. The Morgan fingerprint density at radius 3 is 2.75 bits per heavy atom. The third kappa shape index (κ3) is 2.79. The van der Waals surface area contributed by atoms with Crippen LogP contribution < -0.4 is 10.5 Å². The van der Waals surface area contributed by atoms with Gasteiger partial charge in [0, 0.05) is 18.0 Å². The molecule has 0 saturated carbocycles. The molecule has 0 spiro atoms. The van der Waals surface area contributed by atoms with E-state index in [0.717, 1.165) is 0 Å². The lowest BCUT2D eigenvalue weighted by Gasteiger charge is -2.09. The summed E-state index contributed by atoms with van der Waals surface area (Å²) in [6.07, 6.45) is 0. The molecule has 4 heteroatoms. The number of hydrogen-bond acceptors (Lipinski definition) is 3. The molecule has 0 aliphatic rings. The second-order valence-electron chi connectivity index (χ2n) is 3.58. The molecule has 1 unspecified atom stereocenters. The van der Waals surface area contributed by atoms with E-state index in [2.05, 4.69) is 0 Å². The fraction of sp³-hybridized carbons (Fsp3) is 0.417. The molecule has 0 saturated heterocycles.